The van der Waals surface area contributed by atoms with Crippen LogP contribution in [0.2, 0.25) is 5.02 Å². The van der Waals surface area contributed by atoms with Gasteiger partial charge in [-0.15, -0.1) is 11.3 Å². The Balaban J connectivity index is 1.59. The number of benzene rings is 1. The zero-order valence-electron chi connectivity index (χ0n) is 14.2. The summed E-state index contributed by atoms with van der Waals surface area (Å²) in [6.45, 7) is 0.0521. The SMILES string of the molecule is CN(Cc1c(F)cccc1Cl)C(=O)Cc1csc(NC(=O)c2ccco2)n1. The van der Waals surface area contributed by atoms with Gasteiger partial charge in [0, 0.05) is 29.6 Å². The number of aromatic nitrogens is 1. The topological polar surface area (TPSA) is 75.4 Å². The number of furan rings is 1. The molecule has 0 saturated carbocycles. The summed E-state index contributed by atoms with van der Waals surface area (Å²) in [4.78, 5) is 29.9. The van der Waals surface area contributed by atoms with Gasteiger partial charge >= 0.3 is 0 Å². The molecule has 1 aromatic carbocycles. The lowest BCUT2D eigenvalue weighted by Crippen LogP contribution is -2.28. The van der Waals surface area contributed by atoms with Gasteiger partial charge < -0.3 is 9.32 Å². The van der Waals surface area contributed by atoms with Gasteiger partial charge in [-0.05, 0) is 24.3 Å². The summed E-state index contributed by atoms with van der Waals surface area (Å²) in [6.07, 6.45) is 1.42. The molecule has 2 amide bonds. The Morgan fingerprint density at radius 2 is 2.15 bits per heavy atom. The molecule has 140 valence electrons. The highest BCUT2D eigenvalue weighted by molar-refractivity contribution is 7.14. The Kier molecular flexibility index (Phi) is 5.88. The predicted octanol–water partition coefficient (Wildman–Crippen LogP) is 3.98. The smallest absolute Gasteiger partial charge is 0.293 e. The van der Waals surface area contributed by atoms with Crippen LogP contribution in [-0.4, -0.2) is 28.7 Å². The Bertz CT molecular complexity index is 938. The quantitative estimate of drug-likeness (QED) is 0.670. The van der Waals surface area contributed by atoms with Crippen LogP contribution >= 0.6 is 22.9 Å². The van der Waals surface area contributed by atoms with Crippen molar-refractivity contribution >= 4 is 39.9 Å². The van der Waals surface area contributed by atoms with Crippen LogP contribution < -0.4 is 5.32 Å². The zero-order chi connectivity index (χ0) is 19.4. The maximum atomic E-state index is 13.9. The minimum atomic E-state index is -0.460. The van der Waals surface area contributed by atoms with Gasteiger partial charge in [0.05, 0.1) is 18.4 Å². The fourth-order valence-corrected chi connectivity index (χ4v) is 3.24. The number of anilines is 1. The van der Waals surface area contributed by atoms with Crippen molar-refractivity contribution in [1.29, 1.82) is 0 Å². The first-order valence-electron chi connectivity index (χ1n) is 7.90. The third kappa shape index (κ3) is 4.72. The van der Waals surface area contributed by atoms with Crippen molar-refractivity contribution in [1.82, 2.24) is 9.88 Å². The number of nitrogens with one attached hydrogen (secondary N) is 1. The van der Waals surface area contributed by atoms with Crippen molar-refractivity contribution in [2.75, 3.05) is 12.4 Å². The van der Waals surface area contributed by atoms with E-state index in [0.717, 1.165) is 0 Å². The molecule has 0 bridgehead atoms. The molecule has 6 nitrogen and oxygen atoms in total. The van der Waals surface area contributed by atoms with Crippen molar-refractivity contribution in [3.05, 3.63) is 69.8 Å². The maximum absolute atomic E-state index is 13.9. The molecule has 0 fully saturated rings. The van der Waals surface area contributed by atoms with Crippen molar-refractivity contribution in [3.63, 3.8) is 0 Å². The Morgan fingerprint density at radius 1 is 1.33 bits per heavy atom. The average Bonchev–Trinajstić information content (AvgIpc) is 3.30. The van der Waals surface area contributed by atoms with E-state index in [0.29, 0.717) is 10.8 Å². The van der Waals surface area contributed by atoms with Gasteiger partial charge in [0.15, 0.2) is 10.9 Å². The zero-order valence-corrected chi connectivity index (χ0v) is 15.8. The summed E-state index contributed by atoms with van der Waals surface area (Å²) in [7, 11) is 1.57. The number of amides is 2. The number of hydrogen-bond acceptors (Lipinski definition) is 5. The molecule has 2 heterocycles. The van der Waals surface area contributed by atoms with E-state index in [1.165, 1.54) is 40.7 Å². The molecule has 0 unspecified atom stereocenters. The van der Waals surface area contributed by atoms with Crippen LogP contribution in [0, 0.1) is 5.82 Å². The van der Waals surface area contributed by atoms with Crippen molar-refractivity contribution in [2.24, 2.45) is 0 Å². The summed E-state index contributed by atoms with van der Waals surface area (Å²) in [5.41, 5.74) is 0.769. The van der Waals surface area contributed by atoms with E-state index in [1.807, 2.05) is 0 Å². The predicted molar refractivity (Wildman–Crippen MR) is 100 cm³/mol. The summed E-state index contributed by atoms with van der Waals surface area (Å²) in [6, 6.07) is 7.53. The first kappa shape index (κ1) is 19.1. The molecule has 2 aromatic heterocycles. The first-order valence-corrected chi connectivity index (χ1v) is 9.16. The van der Waals surface area contributed by atoms with Crippen LogP contribution in [0.1, 0.15) is 21.8 Å². The number of rotatable bonds is 6. The Hall–Kier alpha value is -2.71. The van der Waals surface area contributed by atoms with E-state index in [-0.39, 0.29) is 35.2 Å². The molecule has 3 aromatic rings. The molecular formula is C18H15ClFN3O3S. The minimum Gasteiger partial charge on any atom is -0.459 e. The highest BCUT2D eigenvalue weighted by Gasteiger charge is 2.17. The van der Waals surface area contributed by atoms with Crippen LogP contribution in [0.4, 0.5) is 9.52 Å². The third-order valence-corrected chi connectivity index (χ3v) is 4.89. The van der Waals surface area contributed by atoms with Gasteiger partial charge in [-0.1, -0.05) is 17.7 Å². The van der Waals surface area contributed by atoms with Gasteiger partial charge in [0.2, 0.25) is 5.91 Å². The second-order valence-electron chi connectivity index (χ2n) is 5.70. The van der Waals surface area contributed by atoms with Crippen LogP contribution in [0.5, 0.6) is 0 Å². The van der Waals surface area contributed by atoms with Gasteiger partial charge in [0.25, 0.3) is 5.91 Å². The highest BCUT2D eigenvalue weighted by Crippen LogP contribution is 2.21. The molecule has 1 N–H and O–H groups in total. The molecule has 0 aliphatic rings. The highest BCUT2D eigenvalue weighted by atomic mass is 35.5. The molecule has 3 rings (SSSR count). The van der Waals surface area contributed by atoms with E-state index in [4.69, 9.17) is 16.0 Å². The van der Waals surface area contributed by atoms with Crippen LogP contribution in [-0.2, 0) is 17.8 Å². The van der Waals surface area contributed by atoms with Crippen molar-refractivity contribution in [3.8, 4) is 0 Å². The van der Waals surface area contributed by atoms with Crippen molar-refractivity contribution < 1.29 is 18.4 Å². The summed E-state index contributed by atoms with van der Waals surface area (Å²) < 4.78 is 18.9. The second-order valence-corrected chi connectivity index (χ2v) is 6.97. The third-order valence-electron chi connectivity index (χ3n) is 3.73. The number of hydrogen-bond donors (Lipinski definition) is 1. The lowest BCUT2D eigenvalue weighted by Gasteiger charge is -2.18. The summed E-state index contributed by atoms with van der Waals surface area (Å²) in [5.74, 6) is -0.954. The monoisotopic (exact) mass is 407 g/mol. The van der Waals surface area contributed by atoms with Gasteiger partial charge in [-0.2, -0.15) is 0 Å². The van der Waals surface area contributed by atoms with Gasteiger partial charge in [-0.25, -0.2) is 9.37 Å². The largest absolute Gasteiger partial charge is 0.459 e. The summed E-state index contributed by atoms with van der Waals surface area (Å²) >= 11 is 7.20. The average molecular weight is 408 g/mol. The van der Waals surface area contributed by atoms with Gasteiger partial charge in [0.1, 0.15) is 5.82 Å². The number of nitrogens with zero attached hydrogens (tertiary/aromatic N) is 2. The number of halogens is 2. The first-order chi connectivity index (χ1) is 12.9. The number of likely N-dealkylation sites (N-methyl/N-ethyl adjacent to an activating group) is 1. The molecule has 9 heteroatoms. The molecule has 27 heavy (non-hydrogen) atoms. The molecule has 0 radical (unpaired) electrons. The van der Waals surface area contributed by atoms with E-state index in [2.05, 4.69) is 10.3 Å². The van der Waals surface area contributed by atoms with Gasteiger partial charge in [-0.3, -0.25) is 14.9 Å². The van der Waals surface area contributed by atoms with E-state index in [9.17, 15) is 14.0 Å². The fraction of sp³-hybridized carbons (Fsp3) is 0.167. The van der Waals surface area contributed by atoms with Crippen LogP contribution in [0.15, 0.2) is 46.4 Å². The number of carbonyl (C=O) groups is 2. The summed E-state index contributed by atoms with van der Waals surface area (Å²) in [5, 5.41) is 4.91. The molecule has 0 aliphatic heterocycles. The van der Waals surface area contributed by atoms with Crippen LogP contribution in [0.25, 0.3) is 0 Å². The standard InChI is InChI=1S/C18H15ClFN3O3S/c1-23(9-12-13(19)4-2-5-14(12)20)16(24)8-11-10-27-18(21-11)22-17(25)15-6-3-7-26-15/h2-7,10H,8-9H2,1H3,(H,21,22,25). The van der Waals surface area contributed by atoms with E-state index in [1.54, 1.807) is 24.6 Å². The van der Waals surface area contributed by atoms with Crippen LogP contribution in [0.3, 0.4) is 0 Å². The van der Waals surface area contributed by atoms with E-state index < -0.39 is 11.7 Å². The normalized spacial score (nSPS) is 10.6. The molecular weight excluding hydrogens is 393 g/mol. The van der Waals surface area contributed by atoms with Crippen molar-refractivity contribution in [2.45, 2.75) is 13.0 Å². The number of carbonyl (C=O) groups excluding carboxylic acids is 2. The Labute approximate surface area is 163 Å². The Morgan fingerprint density at radius 3 is 2.85 bits per heavy atom. The maximum Gasteiger partial charge on any atom is 0.293 e. The molecule has 0 atom stereocenters. The van der Waals surface area contributed by atoms with E-state index >= 15 is 0 Å². The minimum absolute atomic E-state index is 0.0235. The number of thiazole rings is 1. The fourth-order valence-electron chi connectivity index (χ4n) is 2.31. The molecule has 0 spiro atoms. The molecule has 0 saturated heterocycles. The lowest BCUT2D eigenvalue weighted by atomic mass is 10.2. The second kappa shape index (κ2) is 8.32. The molecule has 0 aliphatic carbocycles. The lowest BCUT2D eigenvalue weighted by molar-refractivity contribution is -0.129.